The number of ether oxygens (including phenoxy) is 2. The fraction of sp³-hybridized carbons (Fsp3) is 0.200. The fourth-order valence-corrected chi connectivity index (χ4v) is 5.10. The average molecular weight is 688 g/mol. The van der Waals surface area contributed by atoms with Crippen LogP contribution in [-0.2, 0) is 14.4 Å². The lowest BCUT2D eigenvalue weighted by Crippen LogP contribution is -2.54. The maximum absolute atomic E-state index is 13.4. The molecule has 4 rings (SSSR count). The van der Waals surface area contributed by atoms with Gasteiger partial charge in [0.2, 0.25) is 0 Å². The molecule has 1 saturated heterocycles. The van der Waals surface area contributed by atoms with Crippen molar-refractivity contribution in [2.75, 3.05) is 23.4 Å². The number of aryl methyl sites for hydroxylation is 2. The number of amides is 5. The van der Waals surface area contributed by atoms with Gasteiger partial charge in [0.05, 0.1) is 15.9 Å². The molecule has 11 heteroatoms. The highest BCUT2D eigenvalue weighted by molar-refractivity contribution is 14.1. The van der Waals surface area contributed by atoms with Crippen molar-refractivity contribution in [1.82, 2.24) is 5.32 Å². The molecule has 1 fully saturated rings. The van der Waals surface area contributed by atoms with E-state index in [1.165, 1.54) is 12.1 Å². The van der Waals surface area contributed by atoms with E-state index in [1.807, 2.05) is 54.6 Å². The maximum Gasteiger partial charge on any atom is 0.335 e. The van der Waals surface area contributed by atoms with Gasteiger partial charge < -0.3 is 14.8 Å². The van der Waals surface area contributed by atoms with Gasteiger partial charge in [0, 0.05) is 10.7 Å². The molecule has 9 nitrogen and oxygen atoms in total. The second-order valence-electron chi connectivity index (χ2n) is 9.24. The number of hydrogen-bond acceptors (Lipinski definition) is 6. The normalized spacial score (nSPS) is 14.2. The summed E-state index contributed by atoms with van der Waals surface area (Å²) in [5.74, 6) is -1.29. The van der Waals surface area contributed by atoms with Crippen molar-refractivity contribution in [1.29, 1.82) is 0 Å². The summed E-state index contributed by atoms with van der Waals surface area (Å²) >= 11 is 8.13. The molecular weight excluding hydrogens is 661 g/mol. The number of nitrogens with zero attached hydrogens (tertiary/aromatic N) is 1. The number of rotatable bonds is 8. The van der Waals surface area contributed by atoms with Crippen LogP contribution in [0, 0.1) is 24.3 Å². The molecule has 0 unspecified atom stereocenters. The molecular formula is C30H27ClIN3O6. The van der Waals surface area contributed by atoms with Crippen LogP contribution < -0.4 is 25.0 Å². The number of halogens is 2. The van der Waals surface area contributed by atoms with Crippen LogP contribution in [0.4, 0.5) is 16.2 Å². The number of hydrogen-bond donors (Lipinski definition) is 2. The third-order valence-corrected chi connectivity index (χ3v) is 7.42. The Kier molecular flexibility index (Phi) is 9.34. The van der Waals surface area contributed by atoms with Gasteiger partial charge in [0.15, 0.2) is 18.1 Å². The summed E-state index contributed by atoms with van der Waals surface area (Å²) in [6.45, 7) is 7.45. The van der Waals surface area contributed by atoms with E-state index in [1.54, 1.807) is 38.1 Å². The summed E-state index contributed by atoms with van der Waals surface area (Å²) in [7, 11) is 0. The Bertz CT molecular complexity index is 1600. The Labute approximate surface area is 256 Å². The molecule has 0 radical (unpaired) electrons. The monoisotopic (exact) mass is 687 g/mol. The molecule has 0 spiro atoms. The van der Waals surface area contributed by atoms with Crippen LogP contribution in [0.1, 0.15) is 29.2 Å². The third-order valence-electron chi connectivity index (χ3n) is 6.38. The summed E-state index contributed by atoms with van der Waals surface area (Å²) in [6, 6.07) is 12.9. The SMILES string of the molecule is CCOc1cc(/C=C2\C(=O)NC(=O)N(c3cc(Cl)ccc3C)C2=O)cc(I)c1OCC(=O)Nc1cccc(C)c1C. The standard InChI is InChI=1S/C30H27ClIN3O6/c1-5-40-25-13-19(12-22(32)27(25)41-15-26(36)33-23-8-6-7-16(2)18(23)4)11-21-28(37)34-30(39)35(29(21)38)24-14-20(31)10-9-17(24)3/h6-14H,5,15H2,1-4H3,(H,33,36)(H,34,37,39)/b21-11+. The number of barbiturate groups is 1. The van der Waals surface area contributed by atoms with Crippen molar-refractivity contribution in [2.24, 2.45) is 0 Å². The molecule has 3 aromatic carbocycles. The van der Waals surface area contributed by atoms with E-state index < -0.39 is 17.8 Å². The molecule has 0 atom stereocenters. The van der Waals surface area contributed by atoms with E-state index in [0.29, 0.717) is 43.5 Å². The van der Waals surface area contributed by atoms with E-state index in [9.17, 15) is 19.2 Å². The van der Waals surface area contributed by atoms with Gasteiger partial charge in [-0.25, -0.2) is 9.69 Å². The number of carbonyl (C=O) groups excluding carboxylic acids is 4. The summed E-state index contributed by atoms with van der Waals surface area (Å²) in [5, 5.41) is 5.41. The molecule has 0 saturated carbocycles. The zero-order valence-electron chi connectivity index (χ0n) is 22.8. The lowest BCUT2D eigenvalue weighted by Gasteiger charge is -2.27. The van der Waals surface area contributed by atoms with Crippen molar-refractivity contribution in [3.05, 3.63) is 85.0 Å². The first-order chi connectivity index (χ1) is 19.5. The van der Waals surface area contributed by atoms with Gasteiger partial charge in [-0.15, -0.1) is 0 Å². The Balaban J connectivity index is 1.60. The quantitative estimate of drug-likeness (QED) is 0.172. The second-order valence-corrected chi connectivity index (χ2v) is 10.8. The molecule has 1 aliphatic heterocycles. The largest absolute Gasteiger partial charge is 0.490 e. The van der Waals surface area contributed by atoms with Crippen molar-refractivity contribution < 1.29 is 28.7 Å². The van der Waals surface area contributed by atoms with Crippen LogP contribution in [0.25, 0.3) is 6.08 Å². The van der Waals surface area contributed by atoms with E-state index in [0.717, 1.165) is 16.0 Å². The zero-order valence-corrected chi connectivity index (χ0v) is 25.7. The van der Waals surface area contributed by atoms with Gasteiger partial charge >= 0.3 is 6.03 Å². The minimum absolute atomic E-state index is 0.246. The number of imide groups is 2. The zero-order chi connectivity index (χ0) is 29.8. The molecule has 41 heavy (non-hydrogen) atoms. The average Bonchev–Trinajstić information content (AvgIpc) is 2.91. The van der Waals surface area contributed by atoms with Crippen LogP contribution in [0.5, 0.6) is 11.5 Å². The lowest BCUT2D eigenvalue weighted by molar-refractivity contribution is -0.122. The molecule has 1 heterocycles. The Morgan fingerprint density at radius 3 is 2.54 bits per heavy atom. The van der Waals surface area contributed by atoms with Crippen LogP contribution in [0.2, 0.25) is 5.02 Å². The van der Waals surface area contributed by atoms with Crippen molar-refractivity contribution in [2.45, 2.75) is 27.7 Å². The van der Waals surface area contributed by atoms with Gasteiger partial charge in [-0.3, -0.25) is 19.7 Å². The number of carbonyl (C=O) groups is 4. The molecule has 1 aliphatic rings. The molecule has 5 amide bonds. The Morgan fingerprint density at radius 2 is 1.80 bits per heavy atom. The van der Waals surface area contributed by atoms with Crippen LogP contribution in [-0.4, -0.2) is 37.0 Å². The Hall–Kier alpha value is -3.90. The topological polar surface area (TPSA) is 114 Å². The summed E-state index contributed by atoms with van der Waals surface area (Å²) in [6.07, 6.45) is 1.37. The van der Waals surface area contributed by atoms with Gasteiger partial charge in [-0.2, -0.15) is 0 Å². The molecule has 2 N–H and O–H groups in total. The van der Waals surface area contributed by atoms with E-state index in [4.69, 9.17) is 21.1 Å². The minimum Gasteiger partial charge on any atom is -0.490 e. The first kappa shape index (κ1) is 30.1. The molecule has 3 aromatic rings. The smallest absolute Gasteiger partial charge is 0.335 e. The fourth-order valence-electron chi connectivity index (χ4n) is 4.15. The number of benzene rings is 3. The predicted molar refractivity (Wildman–Crippen MR) is 166 cm³/mol. The summed E-state index contributed by atoms with van der Waals surface area (Å²) in [4.78, 5) is 52.2. The molecule has 212 valence electrons. The second kappa shape index (κ2) is 12.7. The van der Waals surface area contributed by atoms with E-state index in [-0.39, 0.29) is 23.8 Å². The van der Waals surface area contributed by atoms with Gasteiger partial charge in [0.25, 0.3) is 17.7 Å². The highest BCUT2D eigenvalue weighted by Gasteiger charge is 2.37. The van der Waals surface area contributed by atoms with Crippen molar-refractivity contribution in [3.8, 4) is 11.5 Å². The van der Waals surface area contributed by atoms with Gasteiger partial charge in [-0.1, -0.05) is 29.8 Å². The first-order valence-corrected chi connectivity index (χ1v) is 14.1. The highest BCUT2D eigenvalue weighted by Crippen LogP contribution is 2.36. The van der Waals surface area contributed by atoms with Crippen molar-refractivity contribution in [3.63, 3.8) is 0 Å². The van der Waals surface area contributed by atoms with E-state index >= 15 is 0 Å². The number of urea groups is 1. The summed E-state index contributed by atoms with van der Waals surface area (Å²) in [5.41, 5.74) is 3.84. The molecule has 0 bridgehead atoms. The Morgan fingerprint density at radius 1 is 1.05 bits per heavy atom. The minimum atomic E-state index is -0.866. The first-order valence-electron chi connectivity index (χ1n) is 12.6. The lowest BCUT2D eigenvalue weighted by atomic mass is 10.1. The predicted octanol–water partition coefficient (Wildman–Crippen LogP) is 5.95. The van der Waals surface area contributed by atoms with Crippen LogP contribution >= 0.6 is 34.2 Å². The van der Waals surface area contributed by atoms with Crippen LogP contribution in [0.15, 0.2) is 54.1 Å². The van der Waals surface area contributed by atoms with Gasteiger partial charge in [-0.05, 0) is 109 Å². The summed E-state index contributed by atoms with van der Waals surface area (Å²) < 4.78 is 12.2. The van der Waals surface area contributed by atoms with E-state index in [2.05, 4.69) is 10.6 Å². The highest BCUT2D eigenvalue weighted by atomic mass is 127. The van der Waals surface area contributed by atoms with Crippen LogP contribution in [0.3, 0.4) is 0 Å². The number of anilines is 2. The van der Waals surface area contributed by atoms with Gasteiger partial charge in [0.1, 0.15) is 5.57 Å². The maximum atomic E-state index is 13.4. The van der Waals surface area contributed by atoms with Crippen molar-refractivity contribution >= 4 is 75.4 Å². The molecule has 0 aromatic heterocycles. The number of nitrogens with one attached hydrogen (secondary N) is 2. The third kappa shape index (κ3) is 6.71. The molecule has 0 aliphatic carbocycles.